The number of pyridine rings is 1. The van der Waals surface area contributed by atoms with Gasteiger partial charge in [0.2, 0.25) is 5.91 Å². The standard InChI is InChI=1S/C16H17FN2O/c1-12(14-5-3-9-18-11-14)19-16(20)8-7-13-4-2-6-15(17)10-13/h2-6,9-12H,7-8H2,1H3,(H,19,20). The predicted octanol–water partition coefficient (Wildman–Crippen LogP) is 3.03. The summed E-state index contributed by atoms with van der Waals surface area (Å²) >= 11 is 0. The van der Waals surface area contributed by atoms with Crippen LogP contribution in [-0.2, 0) is 11.2 Å². The maximum absolute atomic E-state index is 13.0. The van der Waals surface area contributed by atoms with Crippen LogP contribution >= 0.6 is 0 Å². The van der Waals surface area contributed by atoms with E-state index < -0.39 is 0 Å². The molecule has 0 aliphatic carbocycles. The first kappa shape index (κ1) is 14.2. The predicted molar refractivity (Wildman–Crippen MR) is 75.5 cm³/mol. The summed E-state index contributed by atoms with van der Waals surface area (Å²) in [6.07, 6.45) is 4.30. The fraction of sp³-hybridized carbons (Fsp3) is 0.250. The first-order chi connectivity index (χ1) is 9.65. The van der Waals surface area contributed by atoms with Crippen LogP contribution in [0, 0.1) is 5.82 Å². The van der Waals surface area contributed by atoms with E-state index in [2.05, 4.69) is 10.3 Å². The molecule has 1 aromatic heterocycles. The van der Waals surface area contributed by atoms with E-state index in [0.717, 1.165) is 11.1 Å². The number of carbonyl (C=O) groups is 1. The molecule has 0 fully saturated rings. The Hall–Kier alpha value is -2.23. The average Bonchev–Trinajstić information content (AvgIpc) is 2.46. The van der Waals surface area contributed by atoms with E-state index in [1.54, 1.807) is 18.5 Å². The molecule has 1 aromatic carbocycles. The van der Waals surface area contributed by atoms with Crippen molar-refractivity contribution in [2.24, 2.45) is 0 Å². The van der Waals surface area contributed by atoms with Crippen LogP contribution in [0.15, 0.2) is 48.8 Å². The molecule has 0 radical (unpaired) electrons. The number of halogens is 1. The van der Waals surface area contributed by atoms with E-state index >= 15 is 0 Å². The molecule has 1 atom stereocenters. The highest BCUT2D eigenvalue weighted by molar-refractivity contribution is 5.76. The van der Waals surface area contributed by atoms with E-state index in [4.69, 9.17) is 0 Å². The molecular weight excluding hydrogens is 255 g/mol. The Morgan fingerprint density at radius 1 is 1.35 bits per heavy atom. The minimum atomic E-state index is -0.272. The van der Waals surface area contributed by atoms with Crippen LogP contribution < -0.4 is 5.32 Å². The van der Waals surface area contributed by atoms with E-state index in [-0.39, 0.29) is 17.8 Å². The van der Waals surface area contributed by atoms with Crippen LogP contribution in [-0.4, -0.2) is 10.9 Å². The molecule has 0 aliphatic heterocycles. The normalized spacial score (nSPS) is 11.9. The zero-order valence-corrected chi connectivity index (χ0v) is 11.3. The van der Waals surface area contributed by atoms with E-state index in [0.29, 0.717) is 12.8 Å². The lowest BCUT2D eigenvalue weighted by atomic mass is 10.1. The molecule has 0 saturated carbocycles. The molecule has 0 aliphatic rings. The number of nitrogens with one attached hydrogen (secondary N) is 1. The Morgan fingerprint density at radius 2 is 2.20 bits per heavy atom. The number of rotatable bonds is 5. The molecular formula is C16H17FN2O. The topological polar surface area (TPSA) is 42.0 Å². The van der Waals surface area contributed by atoms with E-state index in [1.807, 2.05) is 25.1 Å². The quantitative estimate of drug-likeness (QED) is 0.909. The molecule has 20 heavy (non-hydrogen) atoms. The van der Waals surface area contributed by atoms with Crippen molar-refractivity contribution in [1.29, 1.82) is 0 Å². The summed E-state index contributed by atoms with van der Waals surface area (Å²) in [6, 6.07) is 10.0. The SMILES string of the molecule is CC(NC(=O)CCc1cccc(F)c1)c1cccnc1. The molecule has 0 saturated heterocycles. The van der Waals surface area contributed by atoms with Crippen molar-refractivity contribution < 1.29 is 9.18 Å². The summed E-state index contributed by atoms with van der Waals surface area (Å²) in [5.41, 5.74) is 1.79. The van der Waals surface area contributed by atoms with Gasteiger partial charge in [-0.3, -0.25) is 9.78 Å². The van der Waals surface area contributed by atoms with Gasteiger partial charge in [0, 0.05) is 18.8 Å². The molecule has 104 valence electrons. The minimum absolute atomic E-state index is 0.0504. The number of hydrogen-bond donors (Lipinski definition) is 1. The lowest BCUT2D eigenvalue weighted by molar-refractivity contribution is -0.121. The van der Waals surface area contributed by atoms with Crippen LogP contribution in [0.4, 0.5) is 4.39 Å². The van der Waals surface area contributed by atoms with Gasteiger partial charge in [0.15, 0.2) is 0 Å². The third-order valence-corrected chi connectivity index (χ3v) is 3.09. The van der Waals surface area contributed by atoms with Gasteiger partial charge in [0.25, 0.3) is 0 Å². The Labute approximate surface area is 117 Å². The van der Waals surface area contributed by atoms with Crippen LogP contribution in [0.5, 0.6) is 0 Å². The summed E-state index contributed by atoms with van der Waals surface area (Å²) in [5, 5.41) is 2.91. The van der Waals surface area contributed by atoms with Gasteiger partial charge < -0.3 is 5.32 Å². The van der Waals surface area contributed by atoms with Crippen molar-refractivity contribution in [3.05, 3.63) is 65.7 Å². The van der Waals surface area contributed by atoms with Crippen molar-refractivity contribution in [1.82, 2.24) is 10.3 Å². The van der Waals surface area contributed by atoms with Crippen molar-refractivity contribution in [2.45, 2.75) is 25.8 Å². The highest BCUT2D eigenvalue weighted by Gasteiger charge is 2.09. The van der Waals surface area contributed by atoms with Crippen LogP contribution in [0.1, 0.15) is 30.5 Å². The van der Waals surface area contributed by atoms with Gasteiger partial charge in [0.1, 0.15) is 5.82 Å². The molecule has 1 amide bonds. The zero-order valence-electron chi connectivity index (χ0n) is 11.3. The molecule has 1 unspecified atom stereocenters. The van der Waals surface area contributed by atoms with Crippen molar-refractivity contribution in [3.8, 4) is 0 Å². The number of amides is 1. The second-order valence-corrected chi connectivity index (χ2v) is 4.71. The number of aryl methyl sites for hydroxylation is 1. The van der Waals surface area contributed by atoms with Crippen LogP contribution in [0.3, 0.4) is 0 Å². The van der Waals surface area contributed by atoms with Gasteiger partial charge in [-0.25, -0.2) is 4.39 Å². The third-order valence-electron chi connectivity index (χ3n) is 3.09. The first-order valence-electron chi connectivity index (χ1n) is 6.59. The van der Waals surface area contributed by atoms with E-state index in [9.17, 15) is 9.18 Å². The van der Waals surface area contributed by atoms with Crippen LogP contribution in [0.2, 0.25) is 0 Å². The zero-order chi connectivity index (χ0) is 14.4. The minimum Gasteiger partial charge on any atom is -0.350 e. The Balaban J connectivity index is 1.84. The lowest BCUT2D eigenvalue weighted by Crippen LogP contribution is -2.26. The molecule has 4 heteroatoms. The smallest absolute Gasteiger partial charge is 0.220 e. The second-order valence-electron chi connectivity index (χ2n) is 4.71. The van der Waals surface area contributed by atoms with Crippen molar-refractivity contribution >= 4 is 5.91 Å². The number of aromatic nitrogens is 1. The van der Waals surface area contributed by atoms with Gasteiger partial charge in [-0.2, -0.15) is 0 Å². The number of hydrogen-bond acceptors (Lipinski definition) is 2. The van der Waals surface area contributed by atoms with Gasteiger partial charge >= 0.3 is 0 Å². The lowest BCUT2D eigenvalue weighted by Gasteiger charge is -2.13. The fourth-order valence-corrected chi connectivity index (χ4v) is 1.98. The number of nitrogens with zero attached hydrogens (tertiary/aromatic N) is 1. The summed E-state index contributed by atoms with van der Waals surface area (Å²) in [4.78, 5) is 15.9. The summed E-state index contributed by atoms with van der Waals surface area (Å²) < 4.78 is 13.0. The molecule has 0 spiro atoms. The Morgan fingerprint density at radius 3 is 2.90 bits per heavy atom. The van der Waals surface area contributed by atoms with Gasteiger partial charge in [-0.1, -0.05) is 18.2 Å². The second kappa shape index (κ2) is 6.80. The molecule has 2 rings (SSSR count). The maximum Gasteiger partial charge on any atom is 0.220 e. The van der Waals surface area contributed by atoms with Crippen molar-refractivity contribution in [3.63, 3.8) is 0 Å². The highest BCUT2D eigenvalue weighted by Crippen LogP contribution is 2.11. The highest BCUT2D eigenvalue weighted by atomic mass is 19.1. The largest absolute Gasteiger partial charge is 0.350 e. The maximum atomic E-state index is 13.0. The van der Waals surface area contributed by atoms with Gasteiger partial charge in [0.05, 0.1) is 6.04 Å². The molecule has 1 heterocycles. The summed E-state index contributed by atoms with van der Waals surface area (Å²) in [7, 11) is 0. The van der Waals surface area contributed by atoms with E-state index in [1.165, 1.54) is 12.1 Å². The van der Waals surface area contributed by atoms with Crippen LogP contribution in [0.25, 0.3) is 0 Å². The molecule has 2 aromatic rings. The van der Waals surface area contributed by atoms with Gasteiger partial charge in [-0.05, 0) is 42.7 Å². The van der Waals surface area contributed by atoms with Crippen molar-refractivity contribution in [2.75, 3.05) is 0 Å². The average molecular weight is 272 g/mol. The Kier molecular flexibility index (Phi) is 4.82. The molecule has 3 nitrogen and oxygen atoms in total. The monoisotopic (exact) mass is 272 g/mol. The molecule has 0 bridgehead atoms. The summed E-state index contributed by atoms with van der Waals surface area (Å²) in [6.45, 7) is 1.91. The Bertz CT molecular complexity index is 572. The number of benzene rings is 1. The molecule has 1 N–H and O–H groups in total. The fourth-order valence-electron chi connectivity index (χ4n) is 1.98. The first-order valence-corrected chi connectivity index (χ1v) is 6.59. The number of carbonyl (C=O) groups excluding carboxylic acids is 1. The summed E-state index contributed by atoms with van der Waals surface area (Å²) in [5.74, 6) is -0.322. The van der Waals surface area contributed by atoms with Gasteiger partial charge in [-0.15, -0.1) is 0 Å². The third kappa shape index (κ3) is 4.16.